The van der Waals surface area contributed by atoms with Gasteiger partial charge in [0.05, 0.1) is 11.9 Å². The SMILES string of the molecule is CCOCS(C)(COCC)C(N)=[NH2+].[I-]. The highest BCUT2D eigenvalue weighted by Gasteiger charge is 2.26. The van der Waals surface area contributed by atoms with E-state index in [2.05, 4.69) is 0 Å². The van der Waals surface area contributed by atoms with Crippen molar-refractivity contribution >= 4 is 15.2 Å². The minimum Gasteiger partial charge on any atom is -1.00 e. The third-order valence-electron chi connectivity index (χ3n) is 1.66. The van der Waals surface area contributed by atoms with Gasteiger partial charge in [-0.15, -0.1) is 0 Å². The lowest BCUT2D eigenvalue weighted by molar-refractivity contribution is -0.110. The second kappa shape index (κ2) is 8.75. The van der Waals surface area contributed by atoms with Crippen LogP contribution in [0.15, 0.2) is 0 Å². The summed E-state index contributed by atoms with van der Waals surface area (Å²) >= 11 is 0. The molecule has 0 aromatic heterocycles. The van der Waals surface area contributed by atoms with Crippen molar-refractivity contribution < 1.29 is 38.9 Å². The van der Waals surface area contributed by atoms with E-state index < -0.39 is 10.0 Å². The van der Waals surface area contributed by atoms with Crippen LogP contribution >= 0.6 is 10.0 Å². The molecular formula is C8H21IN2O2S. The summed E-state index contributed by atoms with van der Waals surface area (Å²) < 4.78 is 10.7. The third-order valence-corrected chi connectivity index (χ3v) is 4.18. The number of rotatable bonds is 6. The van der Waals surface area contributed by atoms with Gasteiger partial charge in [0.25, 0.3) is 5.17 Å². The van der Waals surface area contributed by atoms with Crippen molar-refractivity contribution in [3.05, 3.63) is 0 Å². The Bertz CT molecular complexity index is 161. The molecule has 0 heterocycles. The lowest BCUT2D eigenvalue weighted by Crippen LogP contribution is -3.00. The molecule has 4 N–H and O–H groups in total. The van der Waals surface area contributed by atoms with E-state index in [1.165, 1.54) is 0 Å². The van der Waals surface area contributed by atoms with Crippen LogP contribution in [0.2, 0.25) is 0 Å². The predicted molar refractivity (Wildman–Crippen MR) is 57.6 cm³/mol. The van der Waals surface area contributed by atoms with Crippen molar-refractivity contribution in [3.63, 3.8) is 0 Å². The first-order chi connectivity index (χ1) is 6.06. The quantitative estimate of drug-likeness (QED) is 0.300. The molecule has 0 unspecified atom stereocenters. The lowest BCUT2D eigenvalue weighted by Gasteiger charge is -2.29. The van der Waals surface area contributed by atoms with Gasteiger partial charge in [0.1, 0.15) is 0 Å². The zero-order valence-electron chi connectivity index (χ0n) is 9.09. The van der Waals surface area contributed by atoms with Gasteiger partial charge < -0.3 is 33.5 Å². The highest BCUT2D eigenvalue weighted by molar-refractivity contribution is 8.44. The second-order valence-electron chi connectivity index (χ2n) is 2.90. The van der Waals surface area contributed by atoms with Crippen molar-refractivity contribution in [3.8, 4) is 0 Å². The normalized spacial score (nSPS) is 11.9. The Hall–Kier alpha value is 0.470. The number of hydrogen-bond acceptors (Lipinski definition) is 2. The summed E-state index contributed by atoms with van der Waals surface area (Å²) in [4.78, 5) is 0. The number of halogens is 1. The Labute approximate surface area is 105 Å². The smallest absolute Gasteiger partial charge is 0.285 e. The van der Waals surface area contributed by atoms with Gasteiger partial charge in [0.15, 0.2) is 0 Å². The van der Waals surface area contributed by atoms with Gasteiger partial charge in [-0.2, -0.15) is 0 Å². The van der Waals surface area contributed by atoms with Crippen LogP contribution in [0.5, 0.6) is 0 Å². The van der Waals surface area contributed by atoms with E-state index in [0.717, 1.165) is 0 Å². The Morgan fingerprint density at radius 3 is 1.79 bits per heavy atom. The molecule has 0 spiro atoms. The number of ether oxygens (including phenoxy) is 2. The molecule has 0 radical (unpaired) electrons. The highest BCUT2D eigenvalue weighted by Crippen LogP contribution is 2.42. The molecule has 88 valence electrons. The molecule has 0 aromatic carbocycles. The van der Waals surface area contributed by atoms with Crippen LogP contribution in [-0.4, -0.2) is 36.5 Å². The standard InChI is InChI=1S/C8H20N2O2S.HI/c1-4-11-6-13(3,8(9)10)7-12-5-2;/h4-7H2,1-3H3,(H3,9,10);1H. The van der Waals surface area contributed by atoms with Crippen molar-refractivity contribution in [2.24, 2.45) is 5.73 Å². The zero-order chi connectivity index (χ0) is 10.3. The zero-order valence-corrected chi connectivity index (χ0v) is 12.1. The highest BCUT2D eigenvalue weighted by atomic mass is 127. The van der Waals surface area contributed by atoms with Gasteiger partial charge in [-0.1, -0.05) is 10.0 Å². The molecule has 0 saturated heterocycles. The van der Waals surface area contributed by atoms with E-state index in [4.69, 9.17) is 20.6 Å². The van der Waals surface area contributed by atoms with Gasteiger partial charge in [-0.25, -0.2) is 0 Å². The summed E-state index contributed by atoms with van der Waals surface area (Å²) in [5, 5.41) is 6.08. The molecule has 0 bridgehead atoms. The lowest BCUT2D eigenvalue weighted by atomic mass is 10.9. The molecule has 0 aliphatic carbocycles. The molecule has 0 aromatic rings. The van der Waals surface area contributed by atoms with E-state index in [-0.39, 0.29) is 24.0 Å². The van der Waals surface area contributed by atoms with Crippen molar-refractivity contribution in [2.45, 2.75) is 13.8 Å². The van der Waals surface area contributed by atoms with Crippen LogP contribution in [0.25, 0.3) is 0 Å². The van der Waals surface area contributed by atoms with Crippen LogP contribution < -0.4 is 35.1 Å². The summed E-state index contributed by atoms with van der Waals surface area (Å²) in [6.07, 6.45) is 2.02. The van der Waals surface area contributed by atoms with E-state index >= 15 is 0 Å². The minimum absolute atomic E-state index is 0. The monoisotopic (exact) mass is 336 g/mol. The second-order valence-corrected chi connectivity index (χ2v) is 6.39. The Morgan fingerprint density at radius 2 is 1.57 bits per heavy atom. The van der Waals surface area contributed by atoms with Crippen LogP contribution in [-0.2, 0) is 9.47 Å². The maximum atomic E-state index is 5.62. The molecule has 0 atom stereocenters. The molecule has 14 heavy (non-hydrogen) atoms. The van der Waals surface area contributed by atoms with Gasteiger partial charge in [-0.3, -0.25) is 11.1 Å². The first-order valence-electron chi connectivity index (χ1n) is 4.34. The van der Waals surface area contributed by atoms with E-state index in [0.29, 0.717) is 30.3 Å². The molecule has 6 heteroatoms. The molecular weight excluding hydrogens is 315 g/mol. The first kappa shape index (κ1) is 16.9. The maximum absolute atomic E-state index is 5.62. The van der Waals surface area contributed by atoms with E-state index in [1.54, 1.807) is 0 Å². The Morgan fingerprint density at radius 1 is 1.21 bits per heavy atom. The Kier molecular flexibility index (Phi) is 10.6. The fourth-order valence-corrected chi connectivity index (χ4v) is 2.11. The van der Waals surface area contributed by atoms with Gasteiger partial charge in [-0.05, 0) is 20.1 Å². The minimum atomic E-state index is -1.25. The molecule has 0 aliphatic rings. The number of amidine groups is 1. The van der Waals surface area contributed by atoms with E-state index in [9.17, 15) is 0 Å². The van der Waals surface area contributed by atoms with Crippen LogP contribution in [0, 0.1) is 0 Å². The largest absolute Gasteiger partial charge is 1.00 e. The average Bonchev–Trinajstić information content (AvgIpc) is 2.11. The van der Waals surface area contributed by atoms with Crippen LogP contribution in [0.1, 0.15) is 13.8 Å². The van der Waals surface area contributed by atoms with Crippen molar-refractivity contribution in [1.29, 1.82) is 0 Å². The predicted octanol–water partition coefficient (Wildman–Crippen LogP) is -3.51. The van der Waals surface area contributed by atoms with Crippen molar-refractivity contribution in [1.82, 2.24) is 0 Å². The molecule has 0 amide bonds. The topological polar surface area (TPSA) is 70.1 Å². The van der Waals surface area contributed by atoms with Gasteiger partial charge in [0, 0.05) is 13.2 Å². The summed E-state index contributed by atoms with van der Waals surface area (Å²) in [6, 6.07) is 0. The molecule has 0 saturated carbocycles. The number of nitrogens with two attached hydrogens (primary N) is 2. The fourth-order valence-electron chi connectivity index (χ4n) is 0.705. The summed E-state index contributed by atoms with van der Waals surface area (Å²) in [5.74, 6) is 1.18. The van der Waals surface area contributed by atoms with Gasteiger partial charge >= 0.3 is 0 Å². The fraction of sp³-hybridized carbons (Fsp3) is 0.875. The summed E-state index contributed by atoms with van der Waals surface area (Å²) in [6.45, 7) is 5.27. The molecule has 4 nitrogen and oxygen atoms in total. The summed E-state index contributed by atoms with van der Waals surface area (Å²) in [5.41, 5.74) is 5.62. The van der Waals surface area contributed by atoms with Crippen LogP contribution in [0.3, 0.4) is 0 Å². The molecule has 0 rings (SSSR count). The van der Waals surface area contributed by atoms with E-state index in [1.807, 2.05) is 20.1 Å². The Balaban J connectivity index is 0. The molecule has 0 fully saturated rings. The van der Waals surface area contributed by atoms with Gasteiger partial charge in [0.2, 0.25) is 0 Å². The maximum Gasteiger partial charge on any atom is 0.285 e. The summed E-state index contributed by atoms with van der Waals surface area (Å²) in [7, 11) is -1.25. The third kappa shape index (κ3) is 6.05. The first-order valence-corrected chi connectivity index (χ1v) is 6.72. The van der Waals surface area contributed by atoms with Crippen molar-refractivity contribution in [2.75, 3.05) is 31.3 Å². The number of hydrogen-bond donors (Lipinski definition) is 2. The molecule has 0 aliphatic heterocycles. The van der Waals surface area contributed by atoms with Crippen LogP contribution in [0.4, 0.5) is 0 Å². The average molecular weight is 336 g/mol.